The van der Waals surface area contributed by atoms with Crippen LogP contribution in [0.3, 0.4) is 0 Å². The van der Waals surface area contributed by atoms with Crippen molar-refractivity contribution < 1.29 is 0 Å². The molecule has 0 amide bonds. The highest BCUT2D eigenvalue weighted by Gasteiger charge is 2.23. The van der Waals surface area contributed by atoms with E-state index in [0.29, 0.717) is 5.92 Å². The highest BCUT2D eigenvalue weighted by Crippen LogP contribution is 2.32. The molecule has 0 bridgehead atoms. The van der Waals surface area contributed by atoms with Crippen LogP contribution in [0.15, 0.2) is 54.6 Å². The van der Waals surface area contributed by atoms with Gasteiger partial charge in [-0.2, -0.15) is 5.10 Å². The second-order valence-electron chi connectivity index (χ2n) is 6.62. The zero-order valence-electron chi connectivity index (χ0n) is 14.1. The Hall–Kier alpha value is -1.65. The lowest BCUT2D eigenvalue weighted by atomic mass is 9.92. The maximum Gasteiger partial charge on any atom is 0.0735 e. The van der Waals surface area contributed by atoms with Crippen LogP contribution in [0, 0.1) is 0 Å². The number of nitrogens with zero attached hydrogens (tertiary/aromatic N) is 3. The first-order valence-corrected chi connectivity index (χ1v) is 8.49. The Balaban J connectivity index is 0.00000169. The van der Waals surface area contributed by atoms with E-state index in [9.17, 15) is 0 Å². The summed E-state index contributed by atoms with van der Waals surface area (Å²) in [5.74, 6) is 0.591. The molecule has 1 aliphatic rings. The van der Waals surface area contributed by atoms with E-state index in [1.165, 1.54) is 48.1 Å². The predicted molar refractivity (Wildman–Crippen MR) is 105 cm³/mol. The lowest BCUT2D eigenvalue weighted by Crippen LogP contribution is -2.29. The first-order valence-electron chi connectivity index (χ1n) is 8.49. The molecule has 24 heavy (non-hydrogen) atoms. The summed E-state index contributed by atoms with van der Waals surface area (Å²) in [6.07, 6.45) is 2.42. The SMILES string of the molecule is Br.CN1CCC(c2nn(Cc3ccccc3)c3ccccc23)CC1. The van der Waals surface area contributed by atoms with Crippen LogP contribution in [0.2, 0.25) is 0 Å². The number of halogens is 1. The highest BCUT2D eigenvalue weighted by atomic mass is 79.9. The van der Waals surface area contributed by atoms with Gasteiger partial charge in [0, 0.05) is 11.3 Å². The maximum atomic E-state index is 5.03. The molecule has 2 aromatic carbocycles. The average molecular weight is 386 g/mol. The van der Waals surface area contributed by atoms with E-state index < -0.39 is 0 Å². The van der Waals surface area contributed by atoms with E-state index in [-0.39, 0.29) is 17.0 Å². The van der Waals surface area contributed by atoms with Crippen LogP contribution in [0.1, 0.15) is 30.0 Å². The lowest BCUT2D eigenvalue weighted by Gasteiger charge is -2.28. The smallest absolute Gasteiger partial charge is 0.0735 e. The minimum atomic E-state index is 0. The van der Waals surface area contributed by atoms with Crippen LogP contribution < -0.4 is 0 Å². The van der Waals surface area contributed by atoms with Gasteiger partial charge in [-0.15, -0.1) is 17.0 Å². The Bertz CT molecular complexity index is 789. The molecule has 0 spiro atoms. The fourth-order valence-corrected chi connectivity index (χ4v) is 3.61. The van der Waals surface area contributed by atoms with E-state index in [1.54, 1.807) is 0 Å². The van der Waals surface area contributed by atoms with Crippen molar-refractivity contribution >= 4 is 27.9 Å². The number of likely N-dealkylation sites (tertiary alicyclic amines) is 1. The molecule has 1 fully saturated rings. The molecule has 0 unspecified atom stereocenters. The third kappa shape index (κ3) is 3.40. The van der Waals surface area contributed by atoms with Crippen LogP contribution in [0.4, 0.5) is 0 Å². The third-order valence-electron chi connectivity index (χ3n) is 4.97. The molecule has 0 atom stereocenters. The van der Waals surface area contributed by atoms with Crippen molar-refractivity contribution in [2.75, 3.05) is 20.1 Å². The summed E-state index contributed by atoms with van der Waals surface area (Å²) >= 11 is 0. The van der Waals surface area contributed by atoms with Gasteiger partial charge in [0.25, 0.3) is 0 Å². The van der Waals surface area contributed by atoms with Crippen molar-refractivity contribution in [3.8, 4) is 0 Å². The second kappa shape index (κ2) is 7.49. The van der Waals surface area contributed by atoms with E-state index >= 15 is 0 Å². The summed E-state index contributed by atoms with van der Waals surface area (Å²) in [7, 11) is 2.21. The fraction of sp³-hybridized carbons (Fsp3) is 0.350. The van der Waals surface area contributed by atoms with Crippen molar-refractivity contribution in [1.82, 2.24) is 14.7 Å². The molecule has 0 aliphatic carbocycles. The van der Waals surface area contributed by atoms with Crippen LogP contribution in [0.5, 0.6) is 0 Å². The van der Waals surface area contributed by atoms with E-state index in [1.807, 2.05) is 0 Å². The third-order valence-corrected chi connectivity index (χ3v) is 4.97. The number of para-hydroxylation sites is 1. The van der Waals surface area contributed by atoms with Crippen molar-refractivity contribution in [1.29, 1.82) is 0 Å². The van der Waals surface area contributed by atoms with Crippen molar-refractivity contribution in [3.63, 3.8) is 0 Å². The maximum absolute atomic E-state index is 5.03. The monoisotopic (exact) mass is 385 g/mol. The van der Waals surface area contributed by atoms with Crippen molar-refractivity contribution in [2.24, 2.45) is 0 Å². The zero-order valence-corrected chi connectivity index (χ0v) is 15.8. The average Bonchev–Trinajstić information content (AvgIpc) is 2.95. The highest BCUT2D eigenvalue weighted by molar-refractivity contribution is 8.93. The summed E-state index contributed by atoms with van der Waals surface area (Å²) in [6, 6.07) is 19.3. The zero-order chi connectivity index (χ0) is 15.6. The van der Waals surface area contributed by atoms with E-state index in [2.05, 4.69) is 71.2 Å². The molecular weight excluding hydrogens is 362 g/mol. The quantitative estimate of drug-likeness (QED) is 0.662. The standard InChI is InChI=1S/C20H23N3.BrH/c1-22-13-11-17(12-14-22)20-18-9-5-6-10-19(18)23(21-20)15-16-7-3-2-4-8-16;/h2-10,17H,11-15H2,1H3;1H. The largest absolute Gasteiger partial charge is 0.306 e. The molecule has 4 rings (SSSR count). The van der Waals surface area contributed by atoms with Gasteiger partial charge in [-0.3, -0.25) is 4.68 Å². The molecule has 3 aromatic rings. The summed E-state index contributed by atoms with van der Waals surface area (Å²) in [5.41, 5.74) is 3.85. The molecule has 126 valence electrons. The topological polar surface area (TPSA) is 21.1 Å². The normalized spacial score (nSPS) is 16.2. The Labute approximate surface area is 154 Å². The molecule has 0 radical (unpaired) electrons. The number of fused-ring (bicyclic) bond motifs is 1. The Morgan fingerprint density at radius 3 is 2.38 bits per heavy atom. The van der Waals surface area contributed by atoms with E-state index in [4.69, 9.17) is 5.10 Å². The molecule has 1 saturated heterocycles. The van der Waals surface area contributed by atoms with Crippen LogP contribution >= 0.6 is 17.0 Å². The van der Waals surface area contributed by atoms with Gasteiger partial charge >= 0.3 is 0 Å². The molecule has 4 heteroatoms. The van der Waals surface area contributed by atoms with Gasteiger partial charge in [-0.1, -0.05) is 48.5 Å². The molecule has 3 nitrogen and oxygen atoms in total. The molecular formula is C20H24BrN3. The summed E-state index contributed by atoms with van der Waals surface area (Å²) in [6.45, 7) is 3.18. The van der Waals surface area contributed by atoms with Crippen LogP contribution in [-0.2, 0) is 6.54 Å². The summed E-state index contributed by atoms with van der Waals surface area (Å²) in [5, 5.41) is 6.36. The minimum absolute atomic E-state index is 0. The van der Waals surface area contributed by atoms with Gasteiger partial charge in [0.15, 0.2) is 0 Å². The number of piperidine rings is 1. The van der Waals surface area contributed by atoms with Crippen molar-refractivity contribution in [3.05, 3.63) is 65.9 Å². The first-order chi connectivity index (χ1) is 11.3. The van der Waals surface area contributed by atoms with Gasteiger partial charge in [0.05, 0.1) is 17.8 Å². The number of hydrogen-bond acceptors (Lipinski definition) is 2. The lowest BCUT2D eigenvalue weighted by molar-refractivity contribution is 0.253. The first kappa shape index (κ1) is 17.2. The van der Waals surface area contributed by atoms with Gasteiger partial charge in [0.2, 0.25) is 0 Å². The van der Waals surface area contributed by atoms with Gasteiger partial charge in [-0.05, 0) is 44.6 Å². The number of benzene rings is 2. The van der Waals surface area contributed by atoms with Gasteiger partial charge < -0.3 is 4.90 Å². The van der Waals surface area contributed by atoms with Crippen LogP contribution in [-0.4, -0.2) is 34.8 Å². The predicted octanol–water partition coefficient (Wildman–Crippen LogP) is 4.47. The Kier molecular flexibility index (Phi) is 5.36. The molecule has 1 aliphatic heterocycles. The number of hydrogen-bond donors (Lipinski definition) is 0. The Morgan fingerprint density at radius 1 is 0.958 bits per heavy atom. The van der Waals surface area contributed by atoms with Crippen molar-refractivity contribution in [2.45, 2.75) is 25.3 Å². The van der Waals surface area contributed by atoms with E-state index in [0.717, 1.165) is 6.54 Å². The Morgan fingerprint density at radius 2 is 1.62 bits per heavy atom. The molecule has 0 saturated carbocycles. The minimum Gasteiger partial charge on any atom is -0.306 e. The van der Waals surface area contributed by atoms with Crippen LogP contribution in [0.25, 0.3) is 10.9 Å². The number of aromatic nitrogens is 2. The summed E-state index contributed by atoms with van der Waals surface area (Å²) < 4.78 is 2.18. The molecule has 2 heterocycles. The molecule has 0 N–H and O–H groups in total. The van der Waals surface area contributed by atoms with Gasteiger partial charge in [-0.25, -0.2) is 0 Å². The number of rotatable bonds is 3. The molecule has 1 aromatic heterocycles. The second-order valence-corrected chi connectivity index (χ2v) is 6.62. The van der Waals surface area contributed by atoms with Gasteiger partial charge in [0.1, 0.15) is 0 Å². The fourth-order valence-electron chi connectivity index (χ4n) is 3.61. The summed E-state index contributed by atoms with van der Waals surface area (Å²) in [4.78, 5) is 2.42.